The van der Waals surface area contributed by atoms with Crippen molar-refractivity contribution in [1.29, 1.82) is 5.26 Å². The van der Waals surface area contributed by atoms with Gasteiger partial charge in [0.25, 0.3) is 0 Å². The van der Waals surface area contributed by atoms with E-state index in [2.05, 4.69) is 0 Å². The Balaban J connectivity index is 2.69. The average Bonchev–Trinajstić information content (AvgIpc) is 2.54. The lowest BCUT2D eigenvalue weighted by atomic mass is 10.1. The van der Waals surface area contributed by atoms with Gasteiger partial charge in [-0.3, -0.25) is 4.79 Å². The van der Waals surface area contributed by atoms with Crippen molar-refractivity contribution in [2.24, 2.45) is 0 Å². The minimum Gasteiger partial charge on any atom is -0.340 e. The van der Waals surface area contributed by atoms with E-state index in [1.807, 2.05) is 13.0 Å². The number of rotatable bonds is 4. The molecular formula is C10H12N2O. The van der Waals surface area contributed by atoms with Gasteiger partial charge in [-0.15, -0.1) is 0 Å². The second-order valence-electron chi connectivity index (χ2n) is 2.90. The summed E-state index contributed by atoms with van der Waals surface area (Å²) in [6, 6.07) is 3.78. The Labute approximate surface area is 77.6 Å². The minimum atomic E-state index is 0.152. The number of ketones is 1. The van der Waals surface area contributed by atoms with Crippen LogP contribution in [0.5, 0.6) is 0 Å². The summed E-state index contributed by atoms with van der Waals surface area (Å²) >= 11 is 0. The zero-order valence-electron chi connectivity index (χ0n) is 7.66. The number of hydrogen-bond donors (Lipinski definition) is 0. The van der Waals surface area contributed by atoms with Crippen molar-refractivity contribution in [3.8, 4) is 6.07 Å². The number of carbonyl (C=O) groups excluding carboxylic acids is 1. The molecule has 0 fully saturated rings. The first-order valence-corrected chi connectivity index (χ1v) is 4.34. The van der Waals surface area contributed by atoms with Crippen molar-refractivity contribution < 1.29 is 4.79 Å². The lowest BCUT2D eigenvalue weighted by molar-refractivity contribution is 0.0981. The van der Waals surface area contributed by atoms with Crippen LogP contribution in [0, 0.1) is 11.3 Å². The molecule has 0 aliphatic carbocycles. The first kappa shape index (κ1) is 9.53. The van der Waals surface area contributed by atoms with Crippen molar-refractivity contribution in [2.45, 2.75) is 26.3 Å². The molecule has 0 aliphatic heterocycles. The summed E-state index contributed by atoms with van der Waals surface area (Å²) in [5.74, 6) is 0.152. The van der Waals surface area contributed by atoms with E-state index < -0.39 is 0 Å². The van der Waals surface area contributed by atoms with Crippen LogP contribution in [-0.2, 0) is 6.54 Å². The fourth-order valence-electron chi connectivity index (χ4n) is 1.16. The van der Waals surface area contributed by atoms with Gasteiger partial charge >= 0.3 is 0 Å². The van der Waals surface area contributed by atoms with E-state index in [4.69, 9.17) is 5.26 Å². The van der Waals surface area contributed by atoms with Crippen LogP contribution in [0.3, 0.4) is 0 Å². The molecule has 1 heterocycles. The van der Waals surface area contributed by atoms with Crippen LogP contribution in [0.25, 0.3) is 0 Å². The Morgan fingerprint density at radius 2 is 2.46 bits per heavy atom. The Hall–Kier alpha value is -1.56. The zero-order valence-corrected chi connectivity index (χ0v) is 7.66. The van der Waals surface area contributed by atoms with E-state index in [0.29, 0.717) is 18.5 Å². The smallest absolute Gasteiger partial charge is 0.164 e. The van der Waals surface area contributed by atoms with Crippen molar-refractivity contribution in [3.05, 3.63) is 24.0 Å². The molecule has 13 heavy (non-hydrogen) atoms. The largest absolute Gasteiger partial charge is 0.340 e. The van der Waals surface area contributed by atoms with Crippen molar-refractivity contribution >= 4 is 5.78 Å². The van der Waals surface area contributed by atoms with Gasteiger partial charge in [0, 0.05) is 24.4 Å². The molecule has 68 valence electrons. The quantitative estimate of drug-likeness (QED) is 0.658. The highest BCUT2D eigenvalue weighted by Crippen LogP contribution is 2.06. The molecule has 0 amide bonds. The summed E-state index contributed by atoms with van der Waals surface area (Å²) in [6.45, 7) is 2.28. The van der Waals surface area contributed by atoms with E-state index in [9.17, 15) is 4.79 Å². The molecule has 0 saturated heterocycles. The van der Waals surface area contributed by atoms with Crippen molar-refractivity contribution in [3.63, 3.8) is 0 Å². The molecule has 3 heteroatoms. The number of nitrogens with zero attached hydrogens (tertiary/aromatic N) is 2. The van der Waals surface area contributed by atoms with Gasteiger partial charge in [0.1, 0.15) is 6.54 Å². The highest BCUT2D eigenvalue weighted by atomic mass is 16.1. The standard InChI is InChI=1S/C10H12N2O/c1-2-3-10(13)9-4-6-12(8-9)7-5-11/h4,6,8H,2-3,7H2,1H3. The molecule has 0 saturated carbocycles. The van der Waals surface area contributed by atoms with Gasteiger partial charge < -0.3 is 4.57 Å². The molecule has 0 N–H and O–H groups in total. The van der Waals surface area contributed by atoms with Gasteiger partial charge in [-0.2, -0.15) is 5.26 Å². The van der Waals surface area contributed by atoms with Crippen LogP contribution in [0.1, 0.15) is 30.1 Å². The first-order chi connectivity index (χ1) is 6.27. The molecule has 0 aromatic carbocycles. The van der Waals surface area contributed by atoms with Crippen LogP contribution >= 0.6 is 0 Å². The fourth-order valence-corrected chi connectivity index (χ4v) is 1.16. The van der Waals surface area contributed by atoms with Crippen LogP contribution < -0.4 is 0 Å². The predicted molar refractivity (Wildman–Crippen MR) is 49.3 cm³/mol. The number of nitriles is 1. The summed E-state index contributed by atoms with van der Waals surface area (Å²) in [5.41, 5.74) is 0.706. The summed E-state index contributed by atoms with van der Waals surface area (Å²) in [7, 11) is 0. The second-order valence-corrected chi connectivity index (χ2v) is 2.90. The van der Waals surface area contributed by atoms with E-state index in [-0.39, 0.29) is 5.78 Å². The van der Waals surface area contributed by atoms with Crippen molar-refractivity contribution in [2.75, 3.05) is 0 Å². The molecule has 0 spiro atoms. The van der Waals surface area contributed by atoms with E-state index in [1.165, 1.54) is 0 Å². The molecule has 1 aromatic rings. The third-order valence-corrected chi connectivity index (χ3v) is 1.80. The molecule has 1 aromatic heterocycles. The maximum absolute atomic E-state index is 11.4. The number of carbonyl (C=O) groups is 1. The molecule has 0 bridgehead atoms. The SMILES string of the molecule is CCCC(=O)c1ccn(CC#N)c1. The maximum Gasteiger partial charge on any atom is 0.164 e. The van der Waals surface area contributed by atoms with Crippen LogP contribution in [-0.4, -0.2) is 10.4 Å². The Morgan fingerprint density at radius 1 is 1.69 bits per heavy atom. The fraction of sp³-hybridized carbons (Fsp3) is 0.400. The third-order valence-electron chi connectivity index (χ3n) is 1.80. The van der Waals surface area contributed by atoms with E-state index >= 15 is 0 Å². The predicted octanol–water partition coefficient (Wildman–Crippen LogP) is 1.99. The summed E-state index contributed by atoms with van der Waals surface area (Å²) in [5, 5.41) is 8.42. The normalized spacial score (nSPS) is 9.54. The number of aromatic nitrogens is 1. The monoisotopic (exact) mass is 176 g/mol. The lowest BCUT2D eigenvalue weighted by Crippen LogP contribution is -1.96. The van der Waals surface area contributed by atoms with Crippen LogP contribution in [0.15, 0.2) is 18.5 Å². The molecular weight excluding hydrogens is 164 g/mol. The van der Waals surface area contributed by atoms with Gasteiger partial charge in [-0.1, -0.05) is 6.92 Å². The molecule has 0 unspecified atom stereocenters. The van der Waals surface area contributed by atoms with Crippen molar-refractivity contribution in [1.82, 2.24) is 4.57 Å². The summed E-state index contributed by atoms with van der Waals surface area (Å²) in [4.78, 5) is 11.4. The lowest BCUT2D eigenvalue weighted by Gasteiger charge is -1.93. The van der Waals surface area contributed by atoms with Gasteiger partial charge in [0.2, 0.25) is 0 Å². The molecule has 0 aliphatic rings. The maximum atomic E-state index is 11.4. The second kappa shape index (κ2) is 4.46. The van der Waals surface area contributed by atoms with E-state index in [1.54, 1.807) is 23.0 Å². The molecule has 0 atom stereocenters. The molecule has 1 rings (SSSR count). The summed E-state index contributed by atoms with van der Waals surface area (Å²) in [6.07, 6.45) is 4.92. The minimum absolute atomic E-state index is 0.152. The first-order valence-electron chi connectivity index (χ1n) is 4.34. The Kier molecular flexibility index (Phi) is 3.27. The van der Waals surface area contributed by atoms with Gasteiger partial charge in [-0.25, -0.2) is 0 Å². The van der Waals surface area contributed by atoms with Crippen LogP contribution in [0.2, 0.25) is 0 Å². The average molecular weight is 176 g/mol. The van der Waals surface area contributed by atoms with E-state index in [0.717, 1.165) is 6.42 Å². The number of Topliss-reactive ketones (excluding diaryl/α,β-unsaturated/α-hetero) is 1. The Morgan fingerprint density at radius 3 is 3.08 bits per heavy atom. The summed E-state index contributed by atoms with van der Waals surface area (Å²) < 4.78 is 1.71. The molecule has 0 radical (unpaired) electrons. The number of hydrogen-bond acceptors (Lipinski definition) is 2. The van der Waals surface area contributed by atoms with Gasteiger partial charge in [0.15, 0.2) is 5.78 Å². The van der Waals surface area contributed by atoms with Gasteiger partial charge in [-0.05, 0) is 12.5 Å². The highest BCUT2D eigenvalue weighted by molar-refractivity contribution is 5.95. The zero-order chi connectivity index (χ0) is 9.68. The highest BCUT2D eigenvalue weighted by Gasteiger charge is 2.05. The topological polar surface area (TPSA) is 45.8 Å². The third kappa shape index (κ3) is 2.45. The van der Waals surface area contributed by atoms with Crippen LogP contribution in [0.4, 0.5) is 0 Å². The Bertz CT molecular complexity index is 333. The van der Waals surface area contributed by atoms with Gasteiger partial charge in [0.05, 0.1) is 6.07 Å². The molecule has 3 nitrogen and oxygen atoms in total.